The van der Waals surface area contributed by atoms with Crippen LogP contribution < -0.4 is 15.6 Å². The van der Waals surface area contributed by atoms with Gasteiger partial charge in [0.25, 0.3) is 5.91 Å². The van der Waals surface area contributed by atoms with Crippen LogP contribution in [-0.2, 0) is 16.0 Å². The number of aliphatic hydroxyl groups is 1. The molecule has 10 nitrogen and oxygen atoms in total. The third-order valence-electron chi connectivity index (χ3n) is 8.16. The summed E-state index contributed by atoms with van der Waals surface area (Å²) in [6, 6.07) is 32.5. The number of carbonyl (C=O) groups excluding carboxylic acids is 1. The number of rotatable bonds is 14. The van der Waals surface area contributed by atoms with E-state index >= 15 is 0 Å². The Labute approximate surface area is 281 Å². The van der Waals surface area contributed by atoms with Crippen molar-refractivity contribution in [2.45, 2.75) is 51.7 Å². The molecule has 0 aliphatic carbocycles. The summed E-state index contributed by atoms with van der Waals surface area (Å²) in [6.07, 6.45) is 0.649. The molecule has 1 amide bonds. The normalized spacial score (nSPS) is 17.2. The van der Waals surface area contributed by atoms with Crippen molar-refractivity contribution >= 4 is 17.5 Å². The first-order chi connectivity index (χ1) is 23.2. The summed E-state index contributed by atoms with van der Waals surface area (Å²) in [7, 11) is 0. The fourth-order valence-corrected chi connectivity index (χ4v) is 5.55. The number of aliphatic imine (C=N–C) groups is 1. The average molecular weight is 647 g/mol. The minimum Gasteiger partial charge on any atom is -0.494 e. The van der Waals surface area contributed by atoms with Crippen molar-refractivity contribution in [1.29, 1.82) is 0 Å². The summed E-state index contributed by atoms with van der Waals surface area (Å²) in [5.41, 5.74) is 18.6. The predicted molar refractivity (Wildman–Crippen MR) is 188 cm³/mol. The van der Waals surface area contributed by atoms with Gasteiger partial charge < -0.3 is 14.6 Å². The number of benzene rings is 4. The summed E-state index contributed by atoms with van der Waals surface area (Å²) < 4.78 is 12.4. The first-order valence-corrected chi connectivity index (χ1v) is 16.1. The lowest BCUT2D eigenvalue weighted by Crippen LogP contribution is -2.54. The van der Waals surface area contributed by atoms with Crippen LogP contribution in [-0.4, -0.2) is 42.2 Å². The number of hydrogen-bond acceptors (Lipinski definition) is 7. The van der Waals surface area contributed by atoms with Gasteiger partial charge in [-0.15, -0.1) is 0 Å². The van der Waals surface area contributed by atoms with E-state index in [9.17, 15) is 10.3 Å². The smallest absolute Gasteiger partial charge is 0.266 e. The topological polar surface area (TPSA) is 141 Å². The Morgan fingerprint density at radius 1 is 0.958 bits per heavy atom. The Bertz CT molecular complexity index is 1750. The van der Waals surface area contributed by atoms with Crippen LogP contribution in [0.1, 0.15) is 56.4 Å². The van der Waals surface area contributed by atoms with Gasteiger partial charge >= 0.3 is 0 Å². The second-order valence-electron chi connectivity index (χ2n) is 13.0. The van der Waals surface area contributed by atoms with Gasteiger partial charge in [-0.2, -0.15) is 0 Å². The number of hydrazine groups is 1. The molecule has 0 aromatic heterocycles. The maximum absolute atomic E-state index is 14.5. The van der Waals surface area contributed by atoms with E-state index in [1.54, 1.807) is 12.1 Å². The highest BCUT2D eigenvalue weighted by Crippen LogP contribution is 2.44. The lowest BCUT2D eigenvalue weighted by molar-refractivity contribution is -0.130. The van der Waals surface area contributed by atoms with Crippen LogP contribution in [0.2, 0.25) is 0 Å². The molecule has 10 heteroatoms. The Balaban J connectivity index is 1.58. The lowest BCUT2D eigenvalue weighted by Gasteiger charge is -2.31. The van der Waals surface area contributed by atoms with Gasteiger partial charge in [0.2, 0.25) is 5.90 Å². The molecule has 0 saturated carbocycles. The fraction of sp³-hybridized carbons (Fsp3) is 0.316. The highest BCUT2D eigenvalue weighted by Gasteiger charge is 2.53. The Hall–Kier alpha value is -5.15. The van der Waals surface area contributed by atoms with Gasteiger partial charge in [0.1, 0.15) is 5.75 Å². The van der Waals surface area contributed by atoms with Gasteiger partial charge in [0.15, 0.2) is 11.6 Å². The van der Waals surface area contributed by atoms with Crippen LogP contribution in [0.3, 0.4) is 0 Å². The van der Waals surface area contributed by atoms with Gasteiger partial charge in [-0.3, -0.25) is 10.2 Å². The molecule has 0 saturated heterocycles. The molecule has 0 fully saturated rings. The molecule has 2 atom stereocenters. The van der Waals surface area contributed by atoms with E-state index in [-0.39, 0.29) is 24.3 Å². The Morgan fingerprint density at radius 2 is 1.62 bits per heavy atom. The number of aliphatic hydroxyl groups excluding tert-OH is 1. The number of azide groups is 1. The molecule has 5 rings (SSSR count). The van der Waals surface area contributed by atoms with Crippen molar-refractivity contribution in [3.05, 3.63) is 130 Å². The van der Waals surface area contributed by atoms with Gasteiger partial charge in [0, 0.05) is 42.2 Å². The number of hydrogen-bond donors (Lipinski definition) is 3. The fourth-order valence-electron chi connectivity index (χ4n) is 5.55. The van der Waals surface area contributed by atoms with Crippen LogP contribution >= 0.6 is 0 Å². The summed E-state index contributed by atoms with van der Waals surface area (Å²) in [6.45, 7) is 7.43. The van der Waals surface area contributed by atoms with Crippen molar-refractivity contribution in [3.8, 4) is 16.9 Å². The van der Waals surface area contributed by atoms with Crippen molar-refractivity contribution < 1.29 is 19.4 Å². The Kier molecular flexibility index (Phi) is 11.1. The molecule has 1 heterocycles. The predicted octanol–water partition coefficient (Wildman–Crippen LogP) is 7.61. The zero-order valence-electron chi connectivity index (χ0n) is 27.6. The minimum absolute atomic E-state index is 0.0501. The van der Waals surface area contributed by atoms with Crippen LogP contribution in [0.5, 0.6) is 5.75 Å². The number of amides is 1. The first kappa shape index (κ1) is 34.2. The van der Waals surface area contributed by atoms with Crippen LogP contribution in [0, 0.1) is 5.41 Å². The van der Waals surface area contributed by atoms with Crippen LogP contribution in [0.25, 0.3) is 21.6 Å². The van der Waals surface area contributed by atoms with E-state index in [1.807, 2.05) is 91.0 Å². The van der Waals surface area contributed by atoms with Gasteiger partial charge in [-0.05, 0) is 63.9 Å². The van der Waals surface area contributed by atoms with Crippen molar-refractivity contribution in [2.24, 2.45) is 15.5 Å². The highest BCUT2D eigenvalue weighted by molar-refractivity contribution is 6.01. The molecule has 0 radical (unpaired) electrons. The zero-order valence-corrected chi connectivity index (χ0v) is 27.6. The Morgan fingerprint density at radius 3 is 2.31 bits per heavy atom. The van der Waals surface area contributed by atoms with Crippen molar-refractivity contribution in [3.63, 3.8) is 0 Å². The minimum atomic E-state index is -1.48. The number of carbonyl (C=O) groups is 1. The molecule has 0 bridgehead atoms. The molecule has 0 unspecified atom stereocenters. The van der Waals surface area contributed by atoms with E-state index in [0.29, 0.717) is 48.0 Å². The average Bonchev–Trinajstić information content (AvgIpc) is 3.48. The van der Waals surface area contributed by atoms with Crippen LogP contribution in [0.4, 0.5) is 5.69 Å². The van der Waals surface area contributed by atoms with E-state index in [1.165, 1.54) is 0 Å². The molecule has 4 aromatic carbocycles. The van der Waals surface area contributed by atoms with Gasteiger partial charge in [-0.25, -0.2) is 10.4 Å². The molecule has 0 spiro atoms. The quantitative estimate of drug-likeness (QED) is 0.0425. The first-order valence-electron chi connectivity index (χ1n) is 16.1. The van der Waals surface area contributed by atoms with E-state index in [4.69, 9.17) is 19.6 Å². The van der Waals surface area contributed by atoms with Gasteiger partial charge in [-0.1, -0.05) is 105 Å². The summed E-state index contributed by atoms with van der Waals surface area (Å²) in [5.74, 6) is 0.581. The third kappa shape index (κ3) is 8.41. The van der Waals surface area contributed by atoms with Crippen molar-refractivity contribution in [1.82, 2.24) is 10.9 Å². The van der Waals surface area contributed by atoms with E-state index < -0.39 is 11.6 Å². The molecule has 48 heavy (non-hydrogen) atoms. The maximum Gasteiger partial charge on any atom is 0.266 e. The standard InChI is InChI=1S/C38H42N6O4/c1-37(2,3)22-23-40-43-36(46)38(26-31-12-7-8-13-33(31)42-44-39)34(29-16-14-28(15-17-29)27-10-5-4-6-11-27)48-35(41-38)30-18-20-32(21-19-30)47-25-9-24-45/h4-8,10-21,34,40,45H,9,22-26H2,1-3H3,(H,43,46)/t34-,38-/m0/s1. The third-order valence-corrected chi connectivity index (χ3v) is 8.16. The number of nitrogens with one attached hydrogen (secondary N) is 2. The molecule has 3 N–H and O–H groups in total. The number of nitrogens with zero attached hydrogens (tertiary/aromatic N) is 4. The molecule has 1 aliphatic heterocycles. The van der Waals surface area contributed by atoms with Gasteiger partial charge in [0.05, 0.1) is 6.61 Å². The van der Waals surface area contributed by atoms with Crippen molar-refractivity contribution in [2.75, 3.05) is 19.8 Å². The zero-order chi connectivity index (χ0) is 34.0. The highest BCUT2D eigenvalue weighted by atomic mass is 16.5. The summed E-state index contributed by atoms with van der Waals surface area (Å²) >= 11 is 0. The lowest BCUT2D eigenvalue weighted by atomic mass is 9.81. The molecule has 1 aliphatic rings. The maximum atomic E-state index is 14.5. The SMILES string of the molecule is CC(C)(C)CCNNC(=O)[C@@]1(Cc2ccccc2N=[N+]=[N-])N=C(c2ccc(OCCCO)cc2)O[C@H]1c1ccc(-c2ccccc2)cc1. The summed E-state index contributed by atoms with van der Waals surface area (Å²) in [5, 5.41) is 13.0. The second-order valence-corrected chi connectivity index (χ2v) is 13.0. The monoisotopic (exact) mass is 646 g/mol. The number of ether oxygens (including phenoxy) is 2. The summed E-state index contributed by atoms with van der Waals surface area (Å²) in [4.78, 5) is 22.6. The van der Waals surface area contributed by atoms with E-state index in [2.05, 4.69) is 41.6 Å². The largest absolute Gasteiger partial charge is 0.494 e. The second kappa shape index (κ2) is 15.6. The van der Waals surface area contributed by atoms with Crippen LogP contribution in [0.15, 0.2) is 113 Å². The van der Waals surface area contributed by atoms with E-state index in [0.717, 1.165) is 23.1 Å². The molecular formula is C38H42N6O4. The molecule has 4 aromatic rings. The molecule has 248 valence electrons. The molecular weight excluding hydrogens is 604 g/mol.